The van der Waals surface area contributed by atoms with Gasteiger partial charge in [0.15, 0.2) is 11.2 Å². The minimum atomic E-state index is 0.540. The first kappa shape index (κ1) is 44.4. The zero-order valence-electron chi connectivity index (χ0n) is 41.2. The van der Waals surface area contributed by atoms with E-state index in [9.17, 15) is 0 Å². The molecule has 0 unspecified atom stereocenters. The third-order valence-corrected chi connectivity index (χ3v) is 14.3. The fourth-order valence-corrected chi connectivity index (χ4v) is 10.5. The van der Waals surface area contributed by atoms with E-state index in [1.54, 1.807) is 0 Å². The first-order chi connectivity index (χ1) is 37.6. The second-order valence-corrected chi connectivity index (χ2v) is 19.0. The average molecular weight is 975 g/mol. The molecule has 0 amide bonds. The van der Waals surface area contributed by atoms with Crippen LogP contribution in [0.3, 0.4) is 0 Å². The smallest absolute Gasteiger partial charge is 0.227 e. The lowest BCUT2D eigenvalue weighted by molar-refractivity contribution is 0.619. The molecule has 0 aliphatic carbocycles. The Kier molecular flexibility index (Phi) is 11.1. The van der Waals surface area contributed by atoms with Crippen molar-refractivity contribution in [3.63, 3.8) is 0 Å². The van der Waals surface area contributed by atoms with Gasteiger partial charge < -0.3 is 18.6 Å². The third-order valence-electron chi connectivity index (χ3n) is 14.3. The summed E-state index contributed by atoms with van der Waals surface area (Å²) < 4.78 is 13.0. The Balaban J connectivity index is 0.741. The first-order valence-electron chi connectivity index (χ1n) is 25.5. The van der Waals surface area contributed by atoms with Crippen LogP contribution in [0.4, 0.5) is 34.1 Å². The maximum atomic E-state index is 6.52. The average Bonchev–Trinajstić information content (AvgIpc) is 4.16. The van der Waals surface area contributed by atoms with Crippen molar-refractivity contribution in [1.29, 1.82) is 0 Å². The van der Waals surface area contributed by atoms with Gasteiger partial charge in [-0.25, -0.2) is 9.97 Å². The van der Waals surface area contributed by atoms with Gasteiger partial charge in [-0.3, -0.25) is 0 Å². The maximum absolute atomic E-state index is 6.52. The molecule has 0 N–H and O–H groups in total. The van der Waals surface area contributed by atoms with Crippen molar-refractivity contribution in [1.82, 2.24) is 9.97 Å². The van der Waals surface area contributed by atoms with Crippen molar-refractivity contribution in [3.8, 4) is 56.3 Å². The third kappa shape index (κ3) is 8.30. The molecule has 0 saturated carbocycles. The highest BCUT2D eigenvalue weighted by Gasteiger charge is 2.20. The molecule has 12 aromatic carbocycles. The number of hydrogen-bond acceptors (Lipinski definition) is 6. The number of para-hydroxylation sites is 4. The van der Waals surface area contributed by atoms with Crippen LogP contribution in [0.15, 0.2) is 288 Å². The Hall–Kier alpha value is -10.3. The summed E-state index contributed by atoms with van der Waals surface area (Å²) in [4.78, 5) is 14.8. The fraction of sp³-hybridized carbons (Fsp3) is 0. The fourth-order valence-electron chi connectivity index (χ4n) is 10.5. The summed E-state index contributed by atoms with van der Waals surface area (Å²) in [5, 5.41) is 4.93. The molecule has 0 fully saturated rings. The van der Waals surface area contributed by atoms with E-state index < -0.39 is 0 Å². The molecule has 14 rings (SSSR count). The topological polar surface area (TPSA) is 58.5 Å². The highest BCUT2D eigenvalue weighted by molar-refractivity contribution is 6.01. The number of fused-ring (bicyclic) bond motifs is 4. The summed E-state index contributed by atoms with van der Waals surface area (Å²) in [5.41, 5.74) is 17.5. The minimum absolute atomic E-state index is 0.540. The van der Waals surface area contributed by atoms with Crippen molar-refractivity contribution >= 4 is 77.9 Å². The van der Waals surface area contributed by atoms with Crippen molar-refractivity contribution in [2.24, 2.45) is 0 Å². The zero-order valence-corrected chi connectivity index (χ0v) is 41.2. The molecule has 358 valence electrons. The van der Waals surface area contributed by atoms with E-state index in [-0.39, 0.29) is 0 Å². The molecular formula is C70H46N4O2. The standard InChI is InChI=1S/C70H46N4O2/c1-3-17-57(18-4-1)73(59-37-29-49(30-38-59)55-27-25-47-13-7-9-15-53(47)45-55)61-41-33-51(34-42-61)69-71-67-63(21-11-23-65(67)75-69)64-22-12-24-66-68(64)72-70(76-66)52-35-43-62(44-36-52)74(58-19-5-2-6-20-58)60-39-31-50(32-40-60)56-28-26-48-14-8-10-16-54(48)46-56/h1-46H. The van der Waals surface area contributed by atoms with Gasteiger partial charge in [0.05, 0.1) is 0 Å². The van der Waals surface area contributed by atoms with E-state index in [1.807, 2.05) is 36.4 Å². The van der Waals surface area contributed by atoms with Gasteiger partial charge in [0, 0.05) is 56.4 Å². The van der Waals surface area contributed by atoms with E-state index >= 15 is 0 Å². The predicted molar refractivity (Wildman–Crippen MR) is 313 cm³/mol. The molecular weight excluding hydrogens is 929 g/mol. The van der Waals surface area contributed by atoms with E-state index in [0.717, 1.165) is 67.4 Å². The number of hydrogen-bond donors (Lipinski definition) is 0. The lowest BCUT2D eigenvalue weighted by Crippen LogP contribution is -2.09. The van der Waals surface area contributed by atoms with Gasteiger partial charge >= 0.3 is 0 Å². The van der Waals surface area contributed by atoms with Gasteiger partial charge in [0.2, 0.25) is 11.8 Å². The lowest BCUT2D eigenvalue weighted by Gasteiger charge is -2.25. The SMILES string of the molecule is c1ccc(N(c2ccc(-c3ccc4ccccc4c3)cc2)c2ccc(-c3nc4c(-c5cccc6oc(-c7ccc(N(c8ccccc8)c8ccc(-c9ccc%10ccccc%10c9)cc8)cc7)nc56)cccc4o3)cc2)cc1. The van der Waals surface area contributed by atoms with Crippen LogP contribution in [0.25, 0.3) is 100 Å². The van der Waals surface area contributed by atoms with Gasteiger partial charge in [-0.1, -0.05) is 158 Å². The monoisotopic (exact) mass is 974 g/mol. The zero-order chi connectivity index (χ0) is 50.4. The second-order valence-electron chi connectivity index (χ2n) is 19.0. The van der Waals surface area contributed by atoms with Crippen molar-refractivity contribution in [2.75, 3.05) is 9.80 Å². The van der Waals surface area contributed by atoms with Crippen molar-refractivity contribution in [3.05, 3.63) is 279 Å². The molecule has 0 aliphatic heterocycles. The van der Waals surface area contributed by atoms with E-state index in [2.05, 4.69) is 252 Å². The summed E-state index contributed by atoms with van der Waals surface area (Å²) in [7, 11) is 0. The van der Waals surface area contributed by atoms with Gasteiger partial charge in [-0.05, 0) is 165 Å². The molecule has 0 bridgehead atoms. The number of anilines is 6. The molecule has 14 aromatic rings. The molecule has 6 heteroatoms. The molecule has 0 aliphatic rings. The summed E-state index contributed by atoms with van der Waals surface area (Å²) in [6.07, 6.45) is 0. The molecule has 6 nitrogen and oxygen atoms in total. The van der Waals surface area contributed by atoms with Crippen LogP contribution >= 0.6 is 0 Å². The quantitative estimate of drug-likeness (QED) is 0.129. The van der Waals surface area contributed by atoms with Crippen LogP contribution in [-0.2, 0) is 0 Å². The number of rotatable bonds is 11. The van der Waals surface area contributed by atoms with Gasteiger partial charge in [-0.2, -0.15) is 0 Å². The van der Waals surface area contributed by atoms with Crippen LogP contribution in [0.1, 0.15) is 0 Å². The highest BCUT2D eigenvalue weighted by atomic mass is 16.4. The van der Waals surface area contributed by atoms with Crippen LogP contribution in [0.5, 0.6) is 0 Å². The molecule has 0 radical (unpaired) electrons. The molecule has 2 aromatic heterocycles. The highest BCUT2D eigenvalue weighted by Crippen LogP contribution is 2.41. The van der Waals surface area contributed by atoms with Gasteiger partial charge in [-0.15, -0.1) is 0 Å². The maximum Gasteiger partial charge on any atom is 0.227 e. The second kappa shape index (κ2) is 19.0. The Labute approximate surface area is 439 Å². The Morgan fingerprint density at radius 1 is 0.237 bits per heavy atom. The van der Waals surface area contributed by atoms with Crippen LogP contribution in [-0.4, -0.2) is 9.97 Å². The largest absolute Gasteiger partial charge is 0.436 e. The number of benzene rings is 12. The molecule has 76 heavy (non-hydrogen) atoms. The molecule has 0 saturated heterocycles. The summed E-state index contributed by atoms with van der Waals surface area (Å²) >= 11 is 0. The van der Waals surface area contributed by atoms with Crippen LogP contribution < -0.4 is 9.80 Å². The van der Waals surface area contributed by atoms with Crippen LogP contribution in [0, 0.1) is 0 Å². The number of oxazole rings is 2. The predicted octanol–water partition coefficient (Wildman–Crippen LogP) is 19.6. The Morgan fingerprint density at radius 3 is 0.934 bits per heavy atom. The Bertz CT molecular complexity index is 4090. The number of nitrogens with zero attached hydrogens (tertiary/aromatic N) is 4. The lowest BCUT2D eigenvalue weighted by atomic mass is 10.0. The first-order valence-corrected chi connectivity index (χ1v) is 25.5. The summed E-state index contributed by atoms with van der Waals surface area (Å²) in [5.74, 6) is 1.08. The van der Waals surface area contributed by atoms with E-state index in [1.165, 1.54) is 43.8 Å². The molecule has 0 atom stereocenters. The summed E-state index contributed by atoms with van der Waals surface area (Å²) in [6, 6.07) is 97.7. The minimum Gasteiger partial charge on any atom is -0.436 e. The van der Waals surface area contributed by atoms with Crippen LogP contribution in [0.2, 0.25) is 0 Å². The molecule has 2 heterocycles. The van der Waals surface area contributed by atoms with Gasteiger partial charge in [0.25, 0.3) is 0 Å². The number of aromatic nitrogens is 2. The normalized spacial score (nSPS) is 11.4. The Morgan fingerprint density at radius 2 is 0.553 bits per heavy atom. The van der Waals surface area contributed by atoms with Gasteiger partial charge in [0.1, 0.15) is 11.0 Å². The van der Waals surface area contributed by atoms with E-state index in [0.29, 0.717) is 22.9 Å². The van der Waals surface area contributed by atoms with Crippen molar-refractivity contribution < 1.29 is 8.83 Å². The van der Waals surface area contributed by atoms with Crippen molar-refractivity contribution in [2.45, 2.75) is 0 Å². The van der Waals surface area contributed by atoms with E-state index in [4.69, 9.17) is 18.8 Å². The summed E-state index contributed by atoms with van der Waals surface area (Å²) in [6.45, 7) is 0. The molecule has 0 spiro atoms.